The summed E-state index contributed by atoms with van der Waals surface area (Å²) in [6.45, 7) is 8.69. The molecule has 3 rings (SSSR count). The molecule has 23 heavy (non-hydrogen) atoms. The number of aliphatic hydroxyl groups is 1. The lowest BCUT2D eigenvalue weighted by Crippen LogP contribution is -2.25. The summed E-state index contributed by atoms with van der Waals surface area (Å²) in [6.07, 6.45) is 5.53. The second-order valence-electron chi connectivity index (χ2n) is 6.28. The number of rotatable bonds is 6. The predicted molar refractivity (Wildman–Crippen MR) is 89.2 cm³/mol. The van der Waals surface area contributed by atoms with E-state index < -0.39 is 0 Å². The highest BCUT2D eigenvalue weighted by molar-refractivity contribution is 5.27. The highest BCUT2D eigenvalue weighted by atomic mass is 16.3. The van der Waals surface area contributed by atoms with Crippen LogP contribution in [0.15, 0.2) is 6.20 Å². The van der Waals surface area contributed by atoms with Crippen molar-refractivity contribution in [1.82, 2.24) is 24.9 Å². The van der Waals surface area contributed by atoms with Gasteiger partial charge in [-0.05, 0) is 40.0 Å². The molecular formula is C17H27N5O. The number of fused-ring (bicyclic) bond motifs is 1. The largest absolute Gasteiger partial charge is 0.394 e. The molecule has 0 bridgehead atoms. The molecule has 0 amide bonds. The summed E-state index contributed by atoms with van der Waals surface area (Å²) >= 11 is 0. The van der Waals surface area contributed by atoms with Crippen LogP contribution >= 0.6 is 0 Å². The van der Waals surface area contributed by atoms with Gasteiger partial charge in [0.15, 0.2) is 0 Å². The third-order valence-corrected chi connectivity index (χ3v) is 4.93. The van der Waals surface area contributed by atoms with Gasteiger partial charge in [0.25, 0.3) is 0 Å². The maximum absolute atomic E-state index is 9.13. The number of aromatic nitrogens is 4. The van der Waals surface area contributed by atoms with Crippen molar-refractivity contribution in [1.29, 1.82) is 0 Å². The van der Waals surface area contributed by atoms with E-state index in [-0.39, 0.29) is 6.61 Å². The zero-order valence-electron chi connectivity index (χ0n) is 14.3. The van der Waals surface area contributed by atoms with Crippen molar-refractivity contribution in [2.24, 2.45) is 0 Å². The number of hydrogen-bond donors (Lipinski definition) is 2. The van der Waals surface area contributed by atoms with E-state index in [9.17, 15) is 0 Å². The third-order valence-electron chi connectivity index (χ3n) is 4.93. The lowest BCUT2D eigenvalue weighted by Gasteiger charge is -2.24. The second kappa shape index (κ2) is 6.84. The van der Waals surface area contributed by atoms with Gasteiger partial charge in [-0.3, -0.25) is 9.36 Å². The van der Waals surface area contributed by atoms with Gasteiger partial charge in [0, 0.05) is 41.6 Å². The van der Waals surface area contributed by atoms with Crippen LogP contribution in [0, 0.1) is 13.8 Å². The van der Waals surface area contributed by atoms with Gasteiger partial charge in [0.2, 0.25) is 0 Å². The van der Waals surface area contributed by atoms with E-state index in [1.54, 1.807) is 0 Å². The van der Waals surface area contributed by atoms with E-state index in [0.717, 1.165) is 37.3 Å². The fourth-order valence-corrected chi connectivity index (χ4v) is 3.63. The van der Waals surface area contributed by atoms with Crippen LogP contribution in [0.1, 0.15) is 54.0 Å². The van der Waals surface area contributed by atoms with Crippen molar-refractivity contribution in [3.63, 3.8) is 0 Å². The Bertz CT molecular complexity index is 673. The average molecular weight is 317 g/mol. The molecule has 0 aromatic carbocycles. The number of aryl methyl sites for hydroxylation is 2. The molecule has 1 atom stereocenters. The Morgan fingerprint density at radius 1 is 1.35 bits per heavy atom. The van der Waals surface area contributed by atoms with Gasteiger partial charge in [-0.25, -0.2) is 0 Å². The molecule has 2 aromatic heterocycles. The Labute approximate surface area is 137 Å². The fraction of sp³-hybridized carbons (Fsp3) is 0.647. The van der Waals surface area contributed by atoms with Crippen LogP contribution in [0.2, 0.25) is 0 Å². The molecule has 0 aliphatic heterocycles. The quantitative estimate of drug-likeness (QED) is 0.853. The van der Waals surface area contributed by atoms with E-state index in [0.29, 0.717) is 12.6 Å². The molecule has 0 saturated carbocycles. The Morgan fingerprint density at radius 2 is 2.17 bits per heavy atom. The van der Waals surface area contributed by atoms with Gasteiger partial charge in [-0.15, -0.1) is 0 Å². The van der Waals surface area contributed by atoms with Crippen LogP contribution in [-0.4, -0.2) is 31.3 Å². The standard InChI is InChI=1S/C17H27N5O/c1-4-21-17-7-5-6-16(15(17)11-19-21)18-10-14-12(2)20-22(8-9-23)13(14)3/h11,16,18,23H,4-10H2,1-3H3. The van der Waals surface area contributed by atoms with Crippen molar-refractivity contribution in [3.05, 3.63) is 34.4 Å². The van der Waals surface area contributed by atoms with Crippen molar-refractivity contribution in [2.45, 2.75) is 65.7 Å². The molecule has 1 aliphatic carbocycles. The normalized spacial score (nSPS) is 17.5. The zero-order valence-corrected chi connectivity index (χ0v) is 14.3. The third kappa shape index (κ3) is 3.05. The van der Waals surface area contributed by atoms with Gasteiger partial charge < -0.3 is 10.4 Å². The van der Waals surface area contributed by atoms with Crippen LogP contribution in [0.25, 0.3) is 0 Å². The van der Waals surface area contributed by atoms with Crippen LogP contribution in [0.5, 0.6) is 0 Å². The minimum absolute atomic E-state index is 0.122. The molecule has 0 saturated heterocycles. The Morgan fingerprint density at radius 3 is 2.91 bits per heavy atom. The maximum atomic E-state index is 9.13. The van der Waals surface area contributed by atoms with E-state index >= 15 is 0 Å². The molecule has 2 N–H and O–H groups in total. The predicted octanol–water partition coefficient (Wildman–Crippen LogP) is 1.88. The molecule has 2 aromatic rings. The monoisotopic (exact) mass is 317 g/mol. The summed E-state index contributed by atoms with van der Waals surface area (Å²) in [7, 11) is 0. The summed E-state index contributed by atoms with van der Waals surface area (Å²) in [5.74, 6) is 0. The lowest BCUT2D eigenvalue weighted by molar-refractivity contribution is 0.267. The molecule has 1 aliphatic rings. The molecule has 6 nitrogen and oxygen atoms in total. The van der Waals surface area contributed by atoms with Gasteiger partial charge in [-0.1, -0.05) is 0 Å². The second-order valence-corrected chi connectivity index (χ2v) is 6.28. The van der Waals surface area contributed by atoms with Gasteiger partial charge in [0.05, 0.1) is 25.0 Å². The highest BCUT2D eigenvalue weighted by Gasteiger charge is 2.24. The highest BCUT2D eigenvalue weighted by Crippen LogP contribution is 2.30. The van der Waals surface area contributed by atoms with Crippen molar-refractivity contribution < 1.29 is 5.11 Å². The van der Waals surface area contributed by atoms with Crippen molar-refractivity contribution in [2.75, 3.05) is 6.61 Å². The summed E-state index contributed by atoms with van der Waals surface area (Å²) < 4.78 is 4.02. The Hall–Kier alpha value is -1.66. The summed E-state index contributed by atoms with van der Waals surface area (Å²) in [4.78, 5) is 0. The molecule has 1 unspecified atom stereocenters. The number of hydrogen-bond acceptors (Lipinski definition) is 4. The molecule has 6 heteroatoms. The number of nitrogens with one attached hydrogen (secondary N) is 1. The first-order valence-corrected chi connectivity index (χ1v) is 8.57. The Kier molecular flexibility index (Phi) is 4.82. The summed E-state index contributed by atoms with van der Waals surface area (Å²) in [5.41, 5.74) is 6.18. The SMILES string of the molecule is CCn1ncc2c1CCCC2NCc1c(C)nn(CCO)c1C. The molecule has 2 heterocycles. The van der Waals surface area contributed by atoms with E-state index in [1.807, 2.05) is 17.8 Å². The maximum Gasteiger partial charge on any atom is 0.0644 e. The lowest BCUT2D eigenvalue weighted by atomic mass is 9.92. The fourth-order valence-electron chi connectivity index (χ4n) is 3.63. The minimum Gasteiger partial charge on any atom is -0.394 e. The summed E-state index contributed by atoms with van der Waals surface area (Å²) in [5, 5.41) is 21.9. The smallest absolute Gasteiger partial charge is 0.0644 e. The van der Waals surface area contributed by atoms with Gasteiger partial charge in [0.1, 0.15) is 0 Å². The minimum atomic E-state index is 0.122. The number of nitrogens with zero attached hydrogens (tertiary/aromatic N) is 4. The van der Waals surface area contributed by atoms with Crippen molar-refractivity contribution >= 4 is 0 Å². The van der Waals surface area contributed by atoms with Crippen LogP contribution in [0.3, 0.4) is 0 Å². The summed E-state index contributed by atoms with van der Waals surface area (Å²) in [6, 6.07) is 0.374. The van der Waals surface area contributed by atoms with Crippen LogP contribution < -0.4 is 5.32 Å². The van der Waals surface area contributed by atoms with Crippen LogP contribution in [-0.2, 0) is 26.1 Å². The molecular weight excluding hydrogens is 290 g/mol. The van der Waals surface area contributed by atoms with E-state index in [1.165, 1.54) is 23.2 Å². The van der Waals surface area contributed by atoms with Crippen LogP contribution in [0.4, 0.5) is 0 Å². The number of aliphatic hydroxyl groups excluding tert-OH is 1. The molecule has 0 fully saturated rings. The molecule has 126 valence electrons. The van der Waals surface area contributed by atoms with Crippen molar-refractivity contribution in [3.8, 4) is 0 Å². The Balaban J connectivity index is 1.74. The first-order valence-electron chi connectivity index (χ1n) is 8.57. The van der Waals surface area contributed by atoms with Gasteiger partial charge in [-0.2, -0.15) is 10.2 Å². The van der Waals surface area contributed by atoms with E-state index in [2.05, 4.69) is 34.0 Å². The molecule has 0 radical (unpaired) electrons. The molecule has 0 spiro atoms. The van der Waals surface area contributed by atoms with Gasteiger partial charge >= 0.3 is 0 Å². The first-order chi connectivity index (χ1) is 11.2. The topological polar surface area (TPSA) is 67.9 Å². The first kappa shape index (κ1) is 16.2. The average Bonchev–Trinajstić information content (AvgIpc) is 3.08. The van der Waals surface area contributed by atoms with E-state index in [4.69, 9.17) is 5.11 Å². The zero-order chi connectivity index (χ0) is 16.4.